The maximum Gasteiger partial charge on any atom is 0.220 e. The van der Waals surface area contributed by atoms with Gasteiger partial charge in [0, 0.05) is 10.6 Å². The van der Waals surface area contributed by atoms with E-state index < -0.39 is 12.0 Å². The van der Waals surface area contributed by atoms with Crippen molar-refractivity contribution in [1.29, 1.82) is 0 Å². The van der Waals surface area contributed by atoms with Gasteiger partial charge in [-0.15, -0.1) is 0 Å². The molecule has 4 nitrogen and oxygen atoms in total. The van der Waals surface area contributed by atoms with Crippen LogP contribution in [0.25, 0.3) is 0 Å². The smallest absolute Gasteiger partial charge is 0.220 e. The number of hydrogen-bond acceptors (Lipinski definition) is 3. The van der Waals surface area contributed by atoms with E-state index in [0.29, 0.717) is 16.3 Å². The third-order valence-electron chi connectivity index (χ3n) is 2.03. The van der Waals surface area contributed by atoms with Crippen LogP contribution >= 0.6 is 11.6 Å². The first-order valence-electron chi connectivity index (χ1n) is 4.89. The fourth-order valence-electron chi connectivity index (χ4n) is 1.24. The summed E-state index contributed by atoms with van der Waals surface area (Å²) in [5, 5.41) is 10.0. The lowest BCUT2D eigenvalue weighted by Gasteiger charge is -2.13. The lowest BCUT2D eigenvalue weighted by molar-refractivity contribution is -0.118. The number of aliphatic hydroxyl groups excluding tert-OH is 1. The van der Waals surface area contributed by atoms with Crippen LogP contribution in [0.5, 0.6) is 5.75 Å². The lowest BCUT2D eigenvalue weighted by atomic mass is 10.1. The van der Waals surface area contributed by atoms with E-state index in [2.05, 4.69) is 0 Å². The highest BCUT2D eigenvalue weighted by Crippen LogP contribution is 2.28. The fourth-order valence-corrected chi connectivity index (χ4v) is 1.42. The molecule has 88 valence electrons. The summed E-state index contributed by atoms with van der Waals surface area (Å²) in [6, 6.07) is 4.95. The van der Waals surface area contributed by atoms with Crippen molar-refractivity contribution >= 4 is 17.5 Å². The monoisotopic (exact) mass is 243 g/mol. The van der Waals surface area contributed by atoms with E-state index in [9.17, 15) is 9.90 Å². The maximum absolute atomic E-state index is 10.5. The summed E-state index contributed by atoms with van der Waals surface area (Å²) in [6.45, 7) is 1.81. The molecule has 3 N–H and O–H groups in total. The van der Waals surface area contributed by atoms with Crippen molar-refractivity contribution in [3.63, 3.8) is 0 Å². The van der Waals surface area contributed by atoms with Crippen LogP contribution in [-0.2, 0) is 4.79 Å². The van der Waals surface area contributed by atoms with Crippen LogP contribution in [-0.4, -0.2) is 17.6 Å². The third-order valence-corrected chi connectivity index (χ3v) is 2.26. The largest absolute Gasteiger partial charge is 0.493 e. The van der Waals surface area contributed by atoms with Crippen molar-refractivity contribution < 1.29 is 14.6 Å². The van der Waals surface area contributed by atoms with Gasteiger partial charge < -0.3 is 15.6 Å². The summed E-state index contributed by atoms with van der Waals surface area (Å²) in [7, 11) is 0. The first-order valence-corrected chi connectivity index (χ1v) is 5.27. The third kappa shape index (κ3) is 3.72. The Morgan fingerprint density at radius 3 is 2.88 bits per heavy atom. The van der Waals surface area contributed by atoms with Gasteiger partial charge in [-0.25, -0.2) is 0 Å². The molecule has 1 unspecified atom stereocenters. The molecule has 0 heterocycles. The van der Waals surface area contributed by atoms with Gasteiger partial charge in [0.1, 0.15) is 5.75 Å². The predicted molar refractivity (Wildman–Crippen MR) is 61.4 cm³/mol. The molecule has 0 saturated carbocycles. The highest BCUT2D eigenvalue weighted by atomic mass is 35.5. The summed E-state index contributed by atoms with van der Waals surface area (Å²) >= 11 is 5.80. The summed E-state index contributed by atoms with van der Waals surface area (Å²) in [5.41, 5.74) is 5.58. The molecule has 0 aliphatic carbocycles. The topological polar surface area (TPSA) is 72.6 Å². The van der Waals surface area contributed by atoms with Crippen LogP contribution in [0.3, 0.4) is 0 Å². The van der Waals surface area contributed by atoms with Gasteiger partial charge in [-0.1, -0.05) is 11.6 Å². The second-order valence-corrected chi connectivity index (χ2v) is 3.86. The number of hydrogen-bond donors (Lipinski definition) is 2. The van der Waals surface area contributed by atoms with Crippen molar-refractivity contribution in [3.05, 3.63) is 28.8 Å². The highest BCUT2D eigenvalue weighted by Gasteiger charge is 2.10. The minimum Gasteiger partial charge on any atom is -0.493 e. The number of ether oxygens (including phenoxy) is 1. The fraction of sp³-hybridized carbons (Fsp3) is 0.364. The molecular weight excluding hydrogens is 230 g/mol. The molecule has 5 heteroatoms. The Balaban J connectivity index is 2.74. The molecule has 1 rings (SSSR count). The average molecular weight is 244 g/mol. The molecule has 0 aliphatic heterocycles. The molecule has 1 aromatic rings. The number of amides is 1. The SMILES string of the molecule is CC(O)c1cc(Cl)ccc1OCCC(N)=O. The Bertz CT molecular complexity index is 379. The van der Waals surface area contributed by atoms with E-state index >= 15 is 0 Å². The van der Waals surface area contributed by atoms with Crippen molar-refractivity contribution in [2.45, 2.75) is 19.4 Å². The molecule has 0 fully saturated rings. The second kappa shape index (κ2) is 5.72. The lowest BCUT2D eigenvalue weighted by Crippen LogP contribution is -2.15. The van der Waals surface area contributed by atoms with Gasteiger partial charge in [0.2, 0.25) is 5.91 Å². The molecule has 1 atom stereocenters. The van der Waals surface area contributed by atoms with Crippen LogP contribution in [0.1, 0.15) is 25.0 Å². The zero-order valence-corrected chi connectivity index (χ0v) is 9.70. The Kier molecular flexibility index (Phi) is 4.58. The van der Waals surface area contributed by atoms with Crippen LogP contribution in [0.15, 0.2) is 18.2 Å². The zero-order chi connectivity index (χ0) is 12.1. The zero-order valence-electron chi connectivity index (χ0n) is 8.94. The van der Waals surface area contributed by atoms with Gasteiger partial charge in [0.05, 0.1) is 19.1 Å². The Hall–Kier alpha value is -1.26. The van der Waals surface area contributed by atoms with E-state index in [4.69, 9.17) is 22.1 Å². The second-order valence-electron chi connectivity index (χ2n) is 3.42. The first-order chi connectivity index (χ1) is 7.50. The van der Waals surface area contributed by atoms with E-state index in [1.165, 1.54) is 0 Å². The van der Waals surface area contributed by atoms with Gasteiger partial charge in [-0.2, -0.15) is 0 Å². The van der Waals surface area contributed by atoms with Gasteiger partial charge >= 0.3 is 0 Å². The molecule has 0 spiro atoms. The quantitative estimate of drug-likeness (QED) is 0.826. The Morgan fingerprint density at radius 2 is 2.31 bits per heavy atom. The van der Waals surface area contributed by atoms with E-state index in [1.807, 2.05) is 0 Å². The van der Waals surface area contributed by atoms with Crippen molar-refractivity contribution in [3.8, 4) is 5.75 Å². The predicted octanol–water partition coefficient (Wildman–Crippen LogP) is 1.65. The number of carbonyl (C=O) groups is 1. The number of primary amides is 1. The number of halogens is 1. The minimum atomic E-state index is -0.678. The van der Waals surface area contributed by atoms with E-state index in [1.54, 1.807) is 25.1 Å². The Morgan fingerprint density at radius 1 is 1.62 bits per heavy atom. The first kappa shape index (κ1) is 12.8. The van der Waals surface area contributed by atoms with Crippen LogP contribution < -0.4 is 10.5 Å². The molecule has 0 saturated heterocycles. The van der Waals surface area contributed by atoms with Gasteiger partial charge in [0.15, 0.2) is 0 Å². The van der Waals surface area contributed by atoms with Gasteiger partial charge in [-0.05, 0) is 25.1 Å². The normalized spacial score (nSPS) is 12.2. The molecule has 1 amide bonds. The summed E-state index contributed by atoms with van der Waals surface area (Å²) in [5.74, 6) is 0.0909. The summed E-state index contributed by atoms with van der Waals surface area (Å²) in [6.07, 6.45) is -0.538. The molecule has 0 bridgehead atoms. The molecule has 16 heavy (non-hydrogen) atoms. The van der Waals surface area contributed by atoms with Crippen molar-refractivity contribution in [2.24, 2.45) is 5.73 Å². The van der Waals surface area contributed by atoms with Crippen molar-refractivity contribution in [2.75, 3.05) is 6.61 Å². The van der Waals surface area contributed by atoms with Crippen LogP contribution in [0.4, 0.5) is 0 Å². The summed E-state index contributed by atoms with van der Waals surface area (Å²) < 4.78 is 5.34. The average Bonchev–Trinajstić information content (AvgIpc) is 2.19. The van der Waals surface area contributed by atoms with Gasteiger partial charge in [-0.3, -0.25) is 4.79 Å². The highest BCUT2D eigenvalue weighted by molar-refractivity contribution is 6.30. The molecule has 0 aromatic heterocycles. The maximum atomic E-state index is 10.5. The van der Waals surface area contributed by atoms with Crippen LogP contribution in [0.2, 0.25) is 5.02 Å². The van der Waals surface area contributed by atoms with E-state index in [-0.39, 0.29) is 13.0 Å². The van der Waals surface area contributed by atoms with Crippen LogP contribution in [0, 0.1) is 0 Å². The summed E-state index contributed by atoms with van der Waals surface area (Å²) in [4.78, 5) is 10.5. The molecule has 1 aromatic carbocycles. The number of rotatable bonds is 5. The van der Waals surface area contributed by atoms with Crippen molar-refractivity contribution in [1.82, 2.24) is 0 Å². The molecule has 0 aliphatic rings. The molecular formula is C11H14ClNO3. The minimum absolute atomic E-state index is 0.141. The van der Waals surface area contributed by atoms with Gasteiger partial charge in [0.25, 0.3) is 0 Å². The molecule has 0 radical (unpaired) electrons. The standard InChI is InChI=1S/C11H14ClNO3/c1-7(14)9-6-8(12)2-3-10(9)16-5-4-11(13)15/h2-3,6-7,14H,4-5H2,1H3,(H2,13,15). The van der Waals surface area contributed by atoms with E-state index in [0.717, 1.165) is 0 Å². The number of aliphatic hydroxyl groups is 1. The number of benzene rings is 1. The Labute approximate surface area is 99.0 Å². The number of nitrogens with two attached hydrogens (primary N) is 1. The number of carbonyl (C=O) groups excluding carboxylic acids is 1.